The number of amides is 1. The molecule has 0 aromatic rings. The van der Waals surface area contributed by atoms with Crippen molar-refractivity contribution in [2.75, 3.05) is 26.7 Å². The van der Waals surface area contributed by atoms with Gasteiger partial charge in [-0.05, 0) is 45.2 Å². The molecule has 0 aliphatic carbocycles. The summed E-state index contributed by atoms with van der Waals surface area (Å²) in [6.45, 7) is 6.70. The van der Waals surface area contributed by atoms with Gasteiger partial charge in [-0.3, -0.25) is 4.79 Å². The van der Waals surface area contributed by atoms with Crippen molar-refractivity contribution in [1.29, 1.82) is 5.26 Å². The van der Waals surface area contributed by atoms with Crippen LogP contribution in [0.1, 0.15) is 39.5 Å². The Morgan fingerprint density at radius 1 is 1.50 bits per heavy atom. The van der Waals surface area contributed by atoms with E-state index in [2.05, 4.69) is 23.3 Å². The third-order valence-electron chi connectivity index (χ3n) is 4.13. The van der Waals surface area contributed by atoms with E-state index in [9.17, 15) is 10.1 Å². The SMILES string of the molecule is CCC(C#N)(CC)C(=O)NCC1CCCN(C)C1. The molecule has 4 nitrogen and oxygen atoms in total. The van der Waals surface area contributed by atoms with Crippen LogP contribution in [0.5, 0.6) is 0 Å². The van der Waals surface area contributed by atoms with Crippen LogP contribution in [-0.2, 0) is 4.79 Å². The number of nitriles is 1. The molecule has 1 fully saturated rings. The standard InChI is InChI=1S/C14H25N3O/c1-4-14(5-2,11-15)13(18)16-9-12-7-6-8-17(3)10-12/h12H,4-10H2,1-3H3,(H,16,18). The molecular formula is C14H25N3O. The number of carbonyl (C=O) groups is 1. The summed E-state index contributed by atoms with van der Waals surface area (Å²) in [5.74, 6) is 0.432. The molecule has 1 aliphatic heterocycles. The lowest BCUT2D eigenvalue weighted by Gasteiger charge is -2.31. The summed E-state index contributed by atoms with van der Waals surface area (Å²) in [6, 6.07) is 2.19. The fourth-order valence-electron chi connectivity index (χ4n) is 2.63. The summed E-state index contributed by atoms with van der Waals surface area (Å²) in [7, 11) is 2.12. The molecular weight excluding hydrogens is 226 g/mol. The van der Waals surface area contributed by atoms with Crippen molar-refractivity contribution in [2.24, 2.45) is 11.3 Å². The van der Waals surface area contributed by atoms with Crippen molar-refractivity contribution in [1.82, 2.24) is 10.2 Å². The van der Waals surface area contributed by atoms with Gasteiger partial charge in [0.25, 0.3) is 0 Å². The third-order valence-corrected chi connectivity index (χ3v) is 4.13. The van der Waals surface area contributed by atoms with E-state index in [-0.39, 0.29) is 5.91 Å². The van der Waals surface area contributed by atoms with Crippen molar-refractivity contribution >= 4 is 5.91 Å². The highest BCUT2D eigenvalue weighted by molar-refractivity contribution is 5.85. The topological polar surface area (TPSA) is 56.1 Å². The molecule has 1 atom stereocenters. The highest BCUT2D eigenvalue weighted by atomic mass is 16.2. The van der Waals surface area contributed by atoms with E-state index in [4.69, 9.17) is 0 Å². The zero-order valence-corrected chi connectivity index (χ0v) is 11.8. The van der Waals surface area contributed by atoms with Crippen LogP contribution in [0.15, 0.2) is 0 Å². The first-order valence-corrected chi connectivity index (χ1v) is 6.96. The van der Waals surface area contributed by atoms with Gasteiger partial charge in [-0.1, -0.05) is 13.8 Å². The smallest absolute Gasteiger partial charge is 0.240 e. The first kappa shape index (κ1) is 15.0. The number of nitrogens with one attached hydrogen (secondary N) is 1. The average Bonchev–Trinajstić information content (AvgIpc) is 2.39. The normalized spacial score (nSPS) is 21.3. The lowest BCUT2D eigenvalue weighted by molar-refractivity contribution is -0.128. The number of hydrogen-bond acceptors (Lipinski definition) is 3. The largest absolute Gasteiger partial charge is 0.354 e. The minimum absolute atomic E-state index is 0.0942. The molecule has 1 N–H and O–H groups in total. The minimum atomic E-state index is -0.833. The number of rotatable bonds is 5. The van der Waals surface area contributed by atoms with Crippen molar-refractivity contribution in [3.05, 3.63) is 0 Å². The second-order valence-corrected chi connectivity index (χ2v) is 5.38. The van der Waals surface area contributed by atoms with E-state index in [1.54, 1.807) is 0 Å². The van der Waals surface area contributed by atoms with Crippen LogP contribution in [0, 0.1) is 22.7 Å². The molecule has 0 aromatic carbocycles. The molecule has 0 saturated carbocycles. The number of hydrogen-bond donors (Lipinski definition) is 1. The molecule has 1 unspecified atom stereocenters. The molecule has 0 radical (unpaired) electrons. The summed E-state index contributed by atoms with van der Waals surface area (Å²) < 4.78 is 0. The van der Waals surface area contributed by atoms with Gasteiger partial charge in [0.15, 0.2) is 0 Å². The van der Waals surface area contributed by atoms with Crippen LogP contribution >= 0.6 is 0 Å². The van der Waals surface area contributed by atoms with Crippen molar-refractivity contribution in [3.63, 3.8) is 0 Å². The summed E-state index contributed by atoms with van der Waals surface area (Å²) in [6.07, 6.45) is 3.53. The van der Waals surface area contributed by atoms with Gasteiger partial charge in [-0.15, -0.1) is 0 Å². The first-order chi connectivity index (χ1) is 8.57. The predicted molar refractivity (Wildman–Crippen MR) is 71.9 cm³/mol. The maximum absolute atomic E-state index is 12.1. The molecule has 1 rings (SSSR count). The van der Waals surface area contributed by atoms with Gasteiger partial charge >= 0.3 is 0 Å². The summed E-state index contributed by atoms with van der Waals surface area (Å²) in [4.78, 5) is 14.4. The molecule has 1 amide bonds. The van der Waals surface area contributed by atoms with Gasteiger partial charge in [-0.2, -0.15) is 5.26 Å². The lowest BCUT2D eigenvalue weighted by atomic mass is 9.83. The number of likely N-dealkylation sites (tertiary alicyclic amines) is 1. The summed E-state index contributed by atoms with van der Waals surface area (Å²) in [5.41, 5.74) is -0.833. The Morgan fingerprint density at radius 3 is 2.67 bits per heavy atom. The molecule has 4 heteroatoms. The molecule has 18 heavy (non-hydrogen) atoms. The fourth-order valence-corrected chi connectivity index (χ4v) is 2.63. The average molecular weight is 251 g/mol. The molecule has 0 spiro atoms. The minimum Gasteiger partial charge on any atom is -0.354 e. The highest BCUT2D eigenvalue weighted by Crippen LogP contribution is 2.25. The first-order valence-electron chi connectivity index (χ1n) is 6.96. The molecule has 1 aliphatic rings. The Labute approximate surface area is 110 Å². The van der Waals surface area contributed by atoms with E-state index in [1.165, 1.54) is 12.8 Å². The van der Waals surface area contributed by atoms with Crippen LogP contribution in [0.3, 0.4) is 0 Å². The number of piperidine rings is 1. The van der Waals surface area contributed by atoms with Gasteiger partial charge in [-0.25, -0.2) is 0 Å². The van der Waals surface area contributed by atoms with Crippen LogP contribution in [0.2, 0.25) is 0 Å². The van der Waals surface area contributed by atoms with Crippen LogP contribution < -0.4 is 5.32 Å². The van der Waals surface area contributed by atoms with Gasteiger partial charge in [0.05, 0.1) is 6.07 Å². The third kappa shape index (κ3) is 3.46. The Balaban J connectivity index is 2.47. The van der Waals surface area contributed by atoms with Gasteiger partial charge in [0.1, 0.15) is 5.41 Å². The van der Waals surface area contributed by atoms with Crippen LogP contribution in [0.25, 0.3) is 0 Å². The van der Waals surface area contributed by atoms with E-state index >= 15 is 0 Å². The molecule has 0 aromatic heterocycles. The highest BCUT2D eigenvalue weighted by Gasteiger charge is 2.35. The monoisotopic (exact) mass is 251 g/mol. The van der Waals surface area contributed by atoms with Gasteiger partial charge in [0.2, 0.25) is 5.91 Å². The zero-order chi connectivity index (χ0) is 13.6. The van der Waals surface area contributed by atoms with Crippen molar-refractivity contribution in [2.45, 2.75) is 39.5 Å². The fraction of sp³-hybridized carbons (Fsp3) is 0.857. The van der Waals surface area contributed by atoms with Crippen molar-refractivity contribution in [3.8, 4) is 6.07 Å². The van der Waals surface area contributed by atoms with E-state index in [0.717, 1.165) is 13.1 Å². The Morgan fingerprint density at radius 2 is 2.17 bits per heavy atom. The van der Waals surface area contributed by atoms with E-state index in [1.807, 2.05) is 13.8 Å². The van der Waals surface area contributed by atoms with Gasteiger partial charge in [0, 0.05) is 13.1 Å². The Kier molecular flexibility index (Phi) is 5.61. The summed E-state index contributed by atoms with van der Waals surface area (Å²) in [5, 5.41) is 12.2. The predicted octanol–water partition coefficient (Wildman–Crippen LogP) is 1.77. The Hall–Kier alpha value is -1.08. The maximum Gasteiger partial charge on any atom is 0.240 e. The van der Waals surface area contributed by atoms with E-state index < -0.39 is 5.41 Å². The summed E-state index contributed by atoms with van der Waals surface area (Å²) >= 11 is 0. The molecule has 1 heterocycles. The quantitative estimate of drug-likeness (QED) is 0.810. The second kappa shape index (κ2) is 6.75. The lowest BCUT2D eigenvalue weighted by Crippen LogP contribution is -2.44. The van der Waals surface area contributed by atoms with Crippen molar-refractivity contribution < 1.29 is 4.79 Å². The van der Waals surface area contributed by atoms with E-state index in [0.29, 0.717) is 25.3 Å². The number of carbonyl (C=O) groups excluding carboxylic acids is 1. The maximum atomic E-state index is 12.1. The number of nitrogens with zero attached hydrogens (tertiary/aromatic N) is 2. The molecule has 102 valence electrons. The van der Waals surface area contributed by atoms with Crippen LogP contribution in [-0.4, -0.2) is 37.5 Å². The molecule has 1 saturated heterocycles. The Bertz CT molecular complexity index is 317. The molecule has 0 bridgehead atoms. The second-order valence-electron chi connectivity index (χ2n) is 5.38. The van der Waals surface area contributed by atoms with Gasteiger partial charge < -0.3 is 10.2 Å². The zero-order valence-electron chi connectivity index (χ0n) is 11.8. The van der Waals surface area contributed by atoms with Crippen LogP contribution in [0.4, 0.5) is 0 Å².